The van der Waals surface area contributed by atoms with Crippen LogP contribution in [0.1, 0.15) is 36.0 Å². The molecule has 6 nitrogen and oxygen atoms in total. The second kappa shape index (κ2) is 9.51. The van der Waals surface area contributed by atoms with Crippen molar-refractivity contribution in [2.24, 2.45) is 11.8 Å². The van der Waals surface area contributed by atoms with Gasteiger partial charge in [0.25, 0.3) is 0 Å². The van der Waals surface area contributed by atoms with E-state index in [9.17, 15) is 4.79 Å². The number of carbonyl (C=O) groups is 1. The van der Waals surface area contributed by atoms with E-state index in [1.165, 1.54) is 33.7 Å². The van der Waals surface area contributed by atoms with Crippen molar-refractivity contribution < 1.29 is 41.0 Å². The number of methoxy groups -OCH3 is 3. The number of rotatable bonds is 5. The monoisotopic (exact) mass is 399 g/mol. The third kappa shape index (κ3) is 4.79. The third-order valence-electron chi connectivity index (χ3n) is 5.82. The van der Waals surface area contributed by atoms with Gasteiger partial charge in [0, 0.05) is 5.92 Å². The molecule has 1 aliphatic heterocycles. The standard InChI is InChI=1S/C20H29NO5.ClH/c1-21-8-7-13-9-16(6-5-14(13)12-21)26-20(22)15-10-17(23-2)19(25-4)18(11-15)24-3;/h10-11,13-14,16H,5-9,12H2,1-4H3;1H. The molecule has 2 aliphatic rings. The smallest absolute Gasteiger partial charge is 0.338 e. The lowest BCUT2D eigenvalue weighted by Crippen LogP contribution is -3.11. The Hall–Kier alpha value is -1.66. The number of ether oxygens (including phenoxy) is 4. The Kier molecular flexibility index (Phi) is 7.62. The van der Waals surface area contributed by atoms with Crippen molar-refractivity contribution in [2.75, 3.05) is 41.5 Å². The summed E-state index contributed by atoms with van der Waals surface area (Å²) in [6.07, 6.45) is 4.31. The lowest BCUT2D eigenvalue weighted by molar-refractivity contribution is -0.890. The molecular weight excluding hydrogens is 370 g/mol. The summed E-state index contributed by atoms with van der Waals surface area (Å²) >= 11 is 0. The van der Waals surface area contributed by atoms with Crippen LogP contribution in [0.4, 0.5) is 0 Å². The molecule has 0 aromatic heterocycles. The minimum Gasteiger partial charge on any atom is -1.00 e. The fourth-order valence-electron chi connectivity index (χ4n) is 4.41. The van der Waals surface area contributed by atoms with Gasteiger partial charge >= 0.3 is 5.97 Å². The van der Waals surface area contributed by atoms with Gasteiger partial charge in [-0.3, -0.25) is 0 Å². The van der Waals surface area contributed by atoms with Crippen molar-refractivity contribution in [1.82, 2.24) is 0 Å². The highest BCUT2D eigenvalue weighted by Crippen LogP contribution is 2.39. The largest absolute Gasteiger partial charge is 1.00 e. The van der Waals surface area contributed by atoms with E-state index in [0.29, 0.717) is 28.7 Å². The molecule has 2 fully saturated rings. The van der Waals surface area contributed by atoms with E-state index in [-0.39, 0.29) is 24.5 Å². The van der Waals surface area contributed by atoms with Gasteiger partial charge in [0.1, 0.15) is 6.10 Å². The number of likely N-dealkylation sites (tertiary alicyclic amines) is 1. The number of fused-ring (bicyclic) bond motifs is 1. The van der Waals surface area contributed by atoms with Gasteiger partial charge in [0.05, 0.1) is 47.0 Å². The van der Waals surface area contributed by atoms with Crippen LogP contribution in [-0.2, 0) is 4.74 Å². The van der Waals surface area contributed by atoms with E-state index < -0.39 is 0 Å². The highest BCUT2D eigenvalue weighted by Gasteiger charge is 2.37. The van der Waals surface area contributed by atoms with Crippen LogP contribution in [0.5, 0.6) is 17.2 Å². The van der Waals surface area contributed by atoms with Gasteiger partial charge in [0.2, 0.25) is 5.75 Å². The molecule has 0 spiro atoms. The predicted octanol–water partition coefficient (Wildman–Crippen LogP) is -1.42. The minimum absolute atomic E-state index is 0. The second-order valence-corrected chi connectivity index (χ2v) is 7.47. The number of hydrogen-bond donors (Lipinski definition) is 1. The number of esters is 1. The first-order valence-electron chi connectivity index (χ1n) is 9.38. The molecule has 1 aromatic carbocycles. The minimum atomic E-state index is -0.328. The maximum absolute atomic E-state index is 12.7. The van der Waals surface area contributed by atoms with Gasteiger partial charge in [-0.05, 0) is 43.7 Å². The highest BCUT2D eigenvalue weighted by molar-refractivity contribution is 5.91. The average molecular weight is 400 g/mol. The maximum atomic E-state index is 12.7. The third-order valence-corrected chi connectivity index (χ3v) is 5.82. The summed E-state index contributed by atoms with van der Waals surface area (Å²) in [5.74, 6) is 2.53. The highest BCUT2D eigenvalue weighted by atomic mass is 35.5. The van der Waals surface area contributed by atoms with Crippen LogP contribution in [-0.4, -0.2) is 53.5 Å². The van der Waals surface area contributed by atoms with Crippen LogP contribution in [0, 0.1) is 11.8 Å². The zero-order chi connectivity index (χ0) is 18.7. The topological polar surface area (TPSA) is 58.4 Å². The molecule has 0 radical (unpaired) electrons. The summed E-state index contributed by atoms with van der Waals surface area (Å²) in [5, 5.41) is 0. The van der Waals surface area contributed by atoms with Gasteiger partial charge in [-0.25, -0.2) is 4.79 Å². The molecule has 4 atom stereocenters. The molecule has 7 heteroatoms. The molecule has 1 saturated carbocycles. The van der Waals surface area contributed by atoms with Gasteiger partial charge < -0.3 is 36.3 Å². The van der Waals surface area contributed by atoms with Gasteiger partial charge in [0.15, 0.2) is 11.5 Å². The van der Waals surface area contributed by atoms with Crippen molar-refractivity contribution in [3.05, 3.63) is 17.7 Å². The van der Waals surface area contributed by atoms with Crippen molar-refractivity contribution in [2.45, 2.75) is 31.8 Å². The summed E-state index contributed by atoms with van der Waals surface area (Å²) in [6, 6.07) is 3.29. The van der Waals surface area contributed by atoms with Gasteiger partial charge in [-0.1, -0.05) is 0 Å². The SMILES string of the molecule is COc1cc(C(=O)OC2CCC3C[NH+](C)CCC3C2)cc(OC)c1OC.[Cl-]. The molecule has 1 N–H and O–H groups in total. The van der Waals surface area contributed by atoms with E-state index in [1.807, 2.05) is 0 Å². The Morgan fingerprint density at radius 2 is 1.67 bits per heavy atom. The zero-order valence-electron chi connectivity index (χ0n) is 16.5. The molecule has 1 aliphatic carbocycles. The molecule has 1 saturated heterocycles. The molecular formula is C20H30ClNO5. The van der Waals surface area contributed by atoms with Crippen molar-refractivity contribution in [3.63, 3.8) is 0 Å². The molecule has 152 valence electrons. The summed E-state index contributed by atoms with van der Waals surface area (Å²) in [5.41, 5.74) is 0.425. The fraction of sp³-hybridized carbons (Fsp3) is 0.650. The Balaban J connectivity index is 0.00000261. The first kappa shape index (κ1) is 21.6. The Morgan fingerprint density at radius 1 is 1.00 bits per heavy atom. The Labute approximate surface area is 167 Å². The van der Waals surface area contributed by atoms with Crippen LogP contribution in [0.2, 0.25) is 0 Å². The number of piperidine rings is 1. The van der Waals surface area contributed by atoms with E-state index in [4.69, 9.17) is 18.9 Å². The van der Waals surface area contributed by atoms with E-state index >= 15 is 0 Å². The van der Waals surface area contributed by atoms with Crippen LogP contribution in [0.3, 0.4) is 0 Å². The lowest BCUT2D eigenvalue weighted by atomic mass is 9.74. The van der Waals surface area contributed by atoms with Crippen molar-refractivity contribution in [3.8, 4) is 17.2 Å². The summed E-state index contributed by atoms with van der Waals surface area (Å²) in [6.45, 7) is 2.47. The summed E-state index contributed by atoms with van der Waals surface area (Å²) in [4.78, 5) is 14.3. The second-order valence-electron chi connectivity index (χ2n) is 7.47. The normalized spacial score (nSPS) is 27.0. The first-order valence-corrected chi connectivity index (χ1v) is 9.38. The maximum Gasteiger partial charge on any atom is 0.338 e. The van der Waals surface area contributed by atoms with Crippen molar-refractivity contribution in [1.29, 1.82) is 0 Å². The summed E-state index contributed by atoms with van der Waals surface area (Å²) < 4.78 is 21.8. The quantitative estimate of drug-likeness (QED) is 0.616. The molecule has 1 aromatic rings. The molecule has 0 amide bonds. The van der Waals surface area contributed by atoms with E-state index in [0.717, 1.165) is 25.2 Å². The number of benzene rings is 1. The molecule has 0 bridgehead atoms. The number of nitrogens with one attached hydrogen (secondary N) is 1. The molecule has 4 unspecified atom stereocenters. The number of halogens is 1. The average Bonchev–Trinajstić information content (AvgIpc) is 2.66. The molecule has 27 heavy (non-hydrogen) atoms. The predicted molar refractivity (Wildman–Crippen MR) is 97.4 cm³/mol. The van der Waals surface area contributed by atoms with Crippen LogP contribution in [0.25, 0.3) is 0 Å². The fourth-order valence-corrected chi connectivity index (χ4v) is 4.41. The van der Waals surface area contributed by atoms with Gasteiger partial charge in [-0.15, -0.1) is 0 Å². The number of carbonyl (C=O) groups excluding carboxylic acids is 1. The van der Waals surface area contributed by atoms with Crippen LogP contribution in [0.15, 0.2) is 12.1 Å². The van der Waals surface area contributed by atoms with Crippen molar-refractivity contribution >= 4 is 5.97 Å². The zero-order valence-corrected chi connectivity index (χ0v) is 17.3. The van der Waals surface area contributed by atoms with Crippen LogP contribution < -0.4 is 31.5 Å². The molecule has 1 heterocycles. The lowest BCUT2D eigenvalue weighted by Gasteiger charge is -2.40. The van der Waals surface area contributed by atoms with E-state index in [1.54, 1.807) is 24.1 Å². The number of hydrogen-bond acceptors (Lipinski definition) is 5. The Bertz CT molecular complexity index is 628. The van der Waals surface area contributed by atoms with Crippen LogP contribution >= 0.6 is 0 Å². The summed E-state index contributed by atoms with van der Waals surface area (Å²) in [7, 11) is 6.89. The first-order chi connectivity index (χ1) is 12.5. The molecule has 3 rings (SSSR count). The van der Waals surface area contributed by atoms with Gasteiger partial charge in [-0.2, -0.15) is 0 Å². The van der Waals surface area contributed by atoms with E-state index in [2.05, 4.69) is 7.05 Å². The number of quaternary nitrogens is 1. The Morgan fingerprint density at radius 3 is 2.26 bits per heavy atom.